The van der Waals surface area contributed by atoms with Crippen LogP contribution in [0.2, 0.25) is 0 Å². The third-order valence-corrected chi connectivity index (χ3v) is 5.24. The highest BCUT2D eigenvalue weighted by Crippen LogP contribution is 2.52. The number of hydrogen-bond acceptors (Lipinski definition) is 5. The summed E-state index contributed by atoms with van der Waals surface area (Å²) in [6, 6.07) is 2.91. The Bertz CT molecular complexity index is 833. The first kappa shape index (κ1) is 21.3. The quantitative estimate of drug-likeness (QED) is 0.422. The fourth-order valence-corrected chi connectivity index (χ4v) is 3.35. The van der Waals surface area contributed by atoms with Crippen molar-refractivity contribution in [2.45, 2.75) is 36.4 Å². The molecule has 0 bridgehead atoms. The zero-order valence-corrected chi connectivity index (χ0v) is 15.0. The zero-order chi connectivity index (χ0) is 20.7. The van der Waals surface area contributed by atoms with Gasteiger partial charge in [-0.1, -0.05) is 0 Å². The predicted octanol–water partition coefficient (Wildman–Crippen LogP) is 3.88. The van der Waals surface area contributed by atoms with Gasteiger partial charge in [0.2, 0.25) is 0 Å². The van der Waals surface area contributed by atoms with Crippen LogP contribution in [0.25, 0.3) is 0 Å². The first-order chi connectivity index (χ1) is 12.2. The fraction of sp³-hybridized carbons (Fsp3) is 0.533. The van der Waals surface area contributed by atoms with Crippen molar-refractivity contribution < 1.29 is 38.9 Å². The number of allylic oxidation sites excluding steroid dienone is 2. The summed E-state index contributed by atoms with van der Waals surface area (Å²) in [6.07, 6.45) is -4.98. The molecule has 0 radical (unpaired) electrons. The van der Waals surface area contributed by atoms with Gasteiger partial charge in [-0.05, 0) is 31.1 Å². The molecule has 152 valence electrons. The van der Waals surface area contributed by atoms with Crippen LogP contribution in [0.15, 0.2) is 30.2 Å². The Hall–Kier alpha value is -1.98. The van der Waals surface area contributed by atoms with Gasteiger partial charge in [-0.25, -0.2) is 0 Å². The van der Waals surface area contributed by atoms with Crippen molar-refractivity contribution in [1.82, 2.24) is 4.98 Å². The van der Waals surface area contributed by atoms with Gasteiger partial charge in [0.1, 0.15) is 11.2 Å². The molecule has 0 saturated heterocycles. The highest BCUT2D eigenvalue weighted by molar-refractivity contribution is 7.87. The summed E-state index contributed by atoms with van der Waals surface area (Å²) in [5.41, 5.74) is -8.21. The minimum atomic E-state index is -5.93. The zero-order valence-electron chi connectivity index (χ0n) is 14.2. The summed E-state index contributed by atoms with van der Waals surface area (Å²) in [7, 11) is -2.86. The Kier molecular flexibility index (Phi) is 5.43. The van der Waals surface area contributed by atoms with E-state index in [1.165, 1.54) is 37.3 Å². The SMILES string of the molecule is CN(C)c1cccnc1C1(C(F)(F)F)CC=C(OS(=O)(=O)C(F)(F)F)CC1. The smallest absolute Gasteiger partial charge is 0.381 e. The number of alkyl halides is 6. The minimum Gasteiger partial charge on any atom is -0.381 e. The monoisotopic (exact) mass is 418 g/mol. The molecular weight excluding hydrogens is 402 g/mol. The van der Waals surface area contributed by atoms with Crippen LogP contribution in [-0.4, -0.2) is 39.2 Å². The Morgan fingerprint density at radius 1 is 1.19 bits per heavy atom. The number of pyridine rings is 1. The van der Waals surface area contributed by atoms with Crippen molar-refractivity contribution in [1.29, 1.82) is 0 Å². The van der Waals surface area contributed by atoms with Gasteiger partial charge in [0, 0.05) is 26.7 Å². The minimum absolute atomic E-state index is 0.204. The lowest BCUT2D eigenvalue weighted by Crippen LogP contribution is -2.45. The van der Waals surface area contributed by atoms with Gasteiger partial charge in [-0.3, -0.25) is 4.98 Å². The molecule has 5 nitrogen and oxygen atoms in total. The van der Waals surface area contributed by atoms with Crippen LogP contribution in [-0.2, 0) is 19.7 Å². The van der Waals surface area contributed by atoms with Crippen LogP contribution in [0.1, 0.15) is 25.0 Å². The molecule has 0 amide bonds. The van der Waals surface area contributed by atoms with Gasteiger partial charge in [0.25, 0.3) is 0 Å². The molecule has 0 aliphatic heterocycles. The van der Waals surface area contributed by atoms with Gasteiger partial charge in [0.15, 0.2) is 0 Å². The molecule has 1 aliphatic rings. The maximum absolute atomic E-state index is 14.0. The van der Waals surface area contributed by atoms with Crippen molar-refractivity contribution in [2.75, 3.05) is 19.0 Å². The summed E-state index contributed by atoms with van der Waals surface area (Å²) in [4.78, 5) is 5.32. The van der Waals surface area contributed by atoms with Crippen LogP contribution >= 0.6 is 0 Å². The van der Waals surface area contributed by atoms with E-state index in [-0.39, 0.29) is 11.4 Å². The molecule has 1 atom stereocenters. The second-order valence-corrected chi connectivity index (χ2v) is 7.74. The van der Waals surface area contributed by atoms with Crippen molar-refractivity contribution in [3.63, 3.8) is 0 Å². The van der Waals surface area contributed by atoms with E-state index in [1.807, 2.05) is 0 Å². The highest BCUT2D eigenvalue weighted by atomic mass is 32.2. The topological polar surface area (TPSA) is 59.5 Å². The number of hydrogen-bond donors (Lipinski definition) is 0. The van der Waals surface area contributed by atoms with Crippen molar-refractivity contribution in [2.24, 2.45) is 0 Å². The van der Waals surface area contributed by atoms with Crippen LogP contribution in [0.4, 0.5) is 32.0 Å². The fourth-order valence-electron chi connectivity index (χ4n) is 2.83. The van der Waals surface area contributed by atoms with Crippen LogP contribution in [0.5, 0.6) is 0 Å². The number of halogens is 6. The first-order valence-electron chi connectivity index (χ1n) is 7.60. The normalized spacial score (nSPS) is 21.6. The van der Waals surface area contributed by atoms with E-state index in [0.29, 0.717) is 0 Å². The average Bonchev–Trinajstić information content (AvgIpc) is 2.53. The molecule has 0 aromatic carbocycles. The molecule has 1 aliphatic carbocycles. The van der Waals surface area contributed by atoms with Crippen LogP contribution in [0.3, 0.4) is 0 Å². The number of rotatable bonds is 4. The number of anilines is 1. The molecule has 27 heavy (non-hydrogen) atoms. The molecule has 1 aromatic rings. The van der Waals surface area contributed by atoms with E-state index >= 15 is 0 Å². The maximum Gasteiger partial charge on any atom is 0.534 e. The van der Waals surface area contributed by atoms with Gasteiger partial charge >= 0.3 is 21.8 Å². The molecule has 1 aromatic heterocycles. The van der Waals surface area contributed by atoms with E-state index in [0.717, 1.165) is 6.08 Å². The Morgan fingerprint density at radius 3 is 2.26 bits per heavy atom. The highest BCUT2D eigenvalue weighted by Gasteiger charge is 2.58. The van der Waals surface area contributed by atoms with E-state index < -0.39 is 52.2 Å². The largest absolute Gasteiger partial charge is 0.534 e. The lowest BCUT2D eigenvalue weighted by atomic mass is 9.72. The summed E-state index contributed by atoms with van der Waals surface area (Å²) >= 11 is 0. The molecule has 0 spiro atoms. The van der Waals surface area contributed by atoms with E-state index in [4.69, 9.17) is 0 Å². The molecule has 0 N–H and O–H groups in total. The summed E-state index contributed by atoms with van der Waals surface area (Å²) in [6.45, 7) is 0. The Balaban J connectivity index is 2.45. The molecule has 12 heteroatoms. The number of aromatic nitrogens is 1. The molecule has 0 saturated carbocycles. The van der Waals surface area contributed by atoms with Crippen molar-refractivity contribution >= 4 is 15.8 Å². The lowest BCUT2D eigenvalue weighted by molar-refractivity contribution is -0.195. The third kappa shape index (κ3) is 3.99. The molecule has 2 rings (SSSR count). The average molecular weight is 418 g/mol. The molecule has 1 unspecified atom stereocenters. The maximum atomic E-state index is 14.0. The van der Waals surface area contributed by atoms with Gasteiger partial charge in [0.05, 0.1) is 11.4 Å². The molecule has 1 heterocycles. The van der Waals surface area contributed by atoms with E-state index in [2.05, 4.69) is 9.17 Å². The summed E-state index contributed by atoms with van der Waals surface area (Å²) in [5.74, 6) is -0.672. The Labute approximate surface area is 151 Å². The lowest BCUT2D eigenvalue weighted by Gasteiger charge is -2.39. The number of nitrogens with zero attached hydrogens (tertiary/aromatic N) is 2. The van der Waals surface area contributed by atoms with Crippen molar-refractivity contribution in [3.8, 4) is 0 Å². The van der Waals surface area contributed by atoms with Gasteiger partial charge in [-0.2, -0.15) is 34.8 Å². The third-order valence-electron chi connectivity index (χ3n) is 4.24. The van der Waals surface area contributed by atoms with Crippen LogP contribution in [0, 0.1) is 0 Å². The van der Waals surface area contributed by atoms with Gasteiger partial charge < -0.3 is 9.08 Å². The van der Waals surface area contributed by atoms with Gasteiger partial charge in [-0.15, -0.1) is 0 Å². The van der Waals surface area contributed by atoms with Crippen LogP contribution < -0.4 is 4.90 Å². The molecule has 0 fully saturated rings. The second kappa shape index (κ2) is 6.88. The van der Waals surface area contributed by atoms with E-state index in [1.54, 1.807) is 0 Å². The summed E-state index contributed by atoms with van der Waals surface area (Å²) < 4.78 is 105. The standard InChI is InChI=1S/C15H16F6N2O3S/c1-23(2)11-4-3-9-22-12(11)13(14(16,17)18)7-5-10(6-8-13)26-27(24,25)15(19,20)21/h3-5,9H,6-8H2,1-2H3. The van der Waals surface area contributed by atoms with E-state index in [9.17, 15) is 34.8 Å². The first-order valence-corrected chi connectivity index (χ1v) is 9.01. The molecular formula is C15H16F6N2O3S. The van der Waals surface area contributed by atoms with Crippen molar-refractivity contribution in [3.05, 3.63) is 35.9 Å². The summed E-state index contributed by atoms with van der Waals surface area (Å²) in [5, 5.41) is 0. The second-order valence-electron chi connectivity index (χ2n) is 6.20. The Morgan fingerprint density at radius 2 is 1.81 bits per heavy atom. The predicted molar refractivity (Wildman–Crippen MR) is 84.3 cm³/mol.